The van der Waals surface area contributed by atoms with Crippen LogP contribution in [-0.2, 0) is 4.74 Å². The standard InChI is InChI=1S/C14H22BNO4/c1-10(9-16-13(17)20-14(2,3)4)11-5-7-12(8-6-11)15(18)19/h5-8,10,18-19H,9H2,1-4H3,(H,16,17)/t10-/m0/s1. The summed E-state index contributed by atoms with van der Waals surface area (Å²) in [5.74, 6) is 0.104. The van der Waals surface area contributed by atoms with Crippen LogP contribution >= 0.6 is 0 Å². The first kappa shape index (κ1) is 16.5. The third kappa shape index (κ3) is 5.63. The fraction of sp³-hybridized carbons (Fsp3) is 0.500. The Morgan fingerprint density at radius 2 is 1.85 bits per heavy atom. The molecule has 0 bridgehead atoms. The van der Waals surface area contributed by atoms with Gasteiger partial charge in [0.05, 0.1) is 0 Å². The fourth-order valence-corrected chi connectivity index (χ4v) is 1.67. The number of amides is 1. The first-order chi connectivity index (χ1) is 9.19. The zero-order valence-corrected chi connectivity index (χ0v) is 12.4. The van der Waals surface area contributed by atoms with Crippen LogP contribution in [0.1, 0.15) is 39.2 Å². The first-order valence-corrected chi connectivity index (χ1v) is 6.62. The van der Waals surface area contributed by atoms with Crippen LogP contribution in [0.5, 0.6) is 0 Å². The van der Waals surface area contributed by atoms with Crippen LogP contribution in [0.25, 0.3) is 0 Å². The lowest BCUT2D eigenvalue weighted by molar-refractivity contribution is 0.0525. The van der Waals surface area contributed by atoms with Crippen molar-refractivity contribution >= 4 is 18.7 Å². The molecule has 0 saturated heterocycles. The van der Waals surface area contributed by atoms with Gasteiger partial charge in [0.1, 0.15) is 5.60 Å². The van der Waals surface area contributed by atoms with Crippen molar-refractivity contribution in [1.29, 1.82) is 0 Å². The Balaban J connectivity index is 2.50. The van der Waals surface area contributed by atoms with E-state index in [0.29, 0.717) is 12.0 Å². The Bertz CT molecular complexity index is 439. The molecule has 0 aliphatic heterocycles. The normalized spacial score (nSPS) is 12.7. The number of alkyl carbamates (subject to hydrolysis) is 1. The van der Waals surface area contributed by atoms with E-state index in [-0.39, 0.29) is 5.92 Å². The summed E-state index contributed by atoms with van der Waals surface area (Å²) in [6.07, 6.45) is -0.438. The Labute approximate surface area is 120 Å². The molecule has 1 rings (SSSR count). The van der Waals surface area contributed by atoms with Crippen LogP contribution < -0.4 is 10.8 Å². The lowest BCUT2D eigenvalue weighted by Gasteiger charge is -2.21. The number of benzene rings is 1. The highest BCUT2D eigenvalue weighted by Gasteiger charge is 2.17. The number of carbonyl (C=O) groups excluding carboxylic acids is 1. The second-order valence-corrected chi connectivity index (χ2v) is 5.82. The smallest absolute Gasteiger partial charge is 0.444 e. The van der Waals surface area contributed by atoms with Gasteiger partial charge in [0.2, 0.25) is 0 Å². The summed E-state index contributed by atoms with van der Waals surface area (Å²) in [7, 11) is -1.46. The molecular formula is C14H22BNO4. The van der Waals surface area contributed by atoms with Gasteiger partial charge in [-0.2, -0.15) is 0 Å². The van der Waals surface area contributed by atoms with E-state index < -0.39 is 18.8 Å². The fourth-order valence-electron chi connectivity index (χ4n) is 1.67. The van der Waals surface area contributed by atoms with Gasteiger partial charge < -0.3 is 20.1 Å². The minimum Gasteiger partial charge on any atom is -0.444 e. The van der Waals surface area contributed by atoms with Crippen LogP contribution in [0, 0.1) is 0 Å². The molecule has 0 spiro atoms. The van der Waals surface area contributed by atoms with Crippen LogP contribution in [0.2, 0.25) is 0 Å². The molecule has 0 unspecified atom stereocenters. The van der Waals surface area contributed by atoms with Gasteiger partial charge in [0.15, 0.2) is 0 Å². The van der Waals surface area contributed by atoms with Crippen LogP contribution in [0.3, 0.4) is 0 Å². The quantitative estimate of drug-likeness (QED) is 0.718. The van der Waals surface area contributed by atoms with Crippen molar-refractivity contribution in [2.75, 3.05) is 6.54 Å². The molecule has 1 aromatic carbocycles. The van der Waals surface area contributed by atoms with E-state index in [9.17, 15) is 4.79 Å². The highest BCUT2D eigenvalue weighted by atomic mass is 16.6. The Morgan fingerprint density at radius 1 is 1.30 bits per heavy atom. The first-order valence-electron chi connectivity index (χ1n) is 6.62. The number of hydrogen-bond donors (Lipinski definition) is 3. The minimum atomic E-state index is -1.46. The summed E-state index contributed by atoms with van der Waals surface area (Å²) in [4.78, 5) is 11.5. The van der Waals surface area contributed by atoms with Gasteiger partial charge in [0.25, 0.3) is 0 Å². The van der Waals surface area contributed by atoms with E-state index in [4.69, 9.17) is 14.8 Å². The highest BCUT2D eigenvalue weighted by Crippen LogP contribution is 2.13. The number of carbonyl (C=O) groups is 1. The molecule has 110 valence electrons. The largest absolute Gasteiger partial charge is 0.488 e. The number of hydrogen-bond acceptors (Lipinski definition) is 4. The Kier molecular flexibility index (Phi) is 5.59. The van der Waals surface area contributed by atoms with Gasteiger partial charge in [-0.1, -0.05) is 31.2 Å². The van der Waals surface area contributed by atoms with E-state index >= 15 is 0 Å². The average Bonchev–Trinajstić information content (AvgIpc) is 2.34. The third-order valence-electron chi connectivity index (χ3n) is 2.76. The molecule has 3 N–H and O–H groups in total. The number of ether oxygens (including phenoxy) is 1. The van der Waals surface area contributed by atoms with E-state index in [1.807, 2.05) is 39.8 Å². The summed E-state index contributed by atoms with van der Waals surface area (Å²) in [6.45, 7) is 7.87. The molecule has 6 heteroatoms. The lowest BCUT2D eigenvalue weighted by Crippen LogP contribution is -2.34. The van der Waals surface area contributed by atoms with E-state index in [0.717, 1.165) is 5.56 Å². The molecule has 0 aliphatic carbocycles. The maximum absolute atomic E-state index is 11.5. The predicted octanol–water partition coefficient (Wildman–Crippen LogP) is 0.995. The lowest BCUT2D eigenvalue weighted by atomic mass is 9.79. The van der Waals surface area contributed by atoms with Gasteiger partial charge >= 0.3 is 13.2 Å². The summed E-state index contributed by atoms with van der Waals surface area (Å²) in [5, 5.41) is 20.8. The van der Waals surface area contributed by atoms with Gasteiger partial charge in [-0.25, -0.2) is 4.79 Å². The van der Waals surface area contributed by atoms with Gasteiger partial charge in [-0.05, 0) is 37.7 Å². The average molecular weight is 279 g/mol. The van der Waals surface area contributed by atoms with E-state index in [1.165, 1.54) is 0 Å². The molecule has 0 aliphatic rings. The van der Waals surface area contributed by atoms with Crippen LogP contribution in [0.15, 0.2) is 24.3 Å². The van der Waals surface area contributed by atoms with Crippen molar-refractivity contribution in [3.63, 3.8) is 0 Å². The zero-order valence-electron chi connectivity index (χ0n) is 12.4. The van der Waals surface area contributed by atoms with Gasteiger partial charge in [-0.3, -0.25) is 0 Å². The van der Waals surface area contributed by atoms with Gasteiger partial charge in [0, 0.05) is 6.54 Å². The monoisotopic (exact) mass is 279 g/mol. The molecule has 0 saturated carbocycles. The molecule has 20 heavy (non-hydrogen) atoms. The van der Waals surface area contributed by atoms with Crippen LogP contribution in [0.4, 0.5) is 4.79 Å². The van der Waals surface area contributed by atoms with Crippen molar-refractivity contribution in [1.82, 2.24) is 5.32 Å². The second kappa shape index (κ2) is 6.77. The predicted molar refractivity (Wildman–Crippen MR) is 78.9 cm³/mol. The van der Waals surface area contributed by atoms with E-state index in [2.05, 4.69) is 5.32 Å². The molecule has 0 fully saturated rings. The summed E-state index contributed by atoms with van der Waals surface area (Å²) >= 11 is 0. The summed E-state index contributed by atoms with van der Waals surface area (Å²) in [6, 6.07) is 6.94. The van der Waals surface area contributed by atoms with Crippen molar-refractivity contribution in [3.8, 4) is 0 Å². The highest BCUT2D eigenvalue weighted by molar-refractivity contribution is 6.58. The topological polar surface area (TPSA) is 78.8 Å². The second-order valence-electron chi connectivity index (χ2n) is 5.82. The number of nitrogens with one attached hydrogen (secondary N) is 1. The maximum atomic E-state index is 11.5. The summed E-state index contributed by atoms with van der Waals surface area (Å²) in [5.41, 5.74) is 0.943. The molecule has 1 atom stereocenters. The van der Waals surface area contributed by atoms with Crippen molar-refractivity contribution < 1.29 is 19.6 Å². The minimum absolute atomic E-state index is 0.104. The van der Waals surface area contributed by atoms with Crippen LogP contribution in [-0.4, -0.2) is 35.4 Å². The zero-order chi connectivity index (χ0) is 15.3. The summed E-state index contributed by atoms with van der Waals surface area (Å²) < 4.78 is 5.16. The third-order valence-corrected chi connectivity index (χ3v) is 2.76. The maximum Gasteiger partial charge on any atom is 0.488 e. The molecule has 0 aromatic heterocycles. The molecule has 5 nitrogen and oxygen atoms in total. The number of rotatable bonds is 4. The molecule has 0 radical (unpaired) electrons. The molecule has 0 heterocycles. The van der Waals surface area contributed by atoms with Crippen molar-refractivity contribution in [2.24, 2.45) is 0 Å². The van der Waals surface area contributed by atoms with Gasteiger partial charge in [-0.15, -0.1) is 0 Å². The molecule has 1 amide bonds. The van der Waals surface area contributed by atoms with Crippen molar-refractivity contribution in [3.05, 3.63) is 29.8 Å². The van der Waals surface area contributed by atoms with E-state index in [1.54, 1.807) is 12.1 Å². The Morgan fingerprint density at radius 3 is 2.30 bits per heavy atom. The van der Waals surface area contributed by atoms with Crippen molar-refractivity contribution in [2.45, 2.75) is 39.2 Å². The molecular weight excluding hydrogens is 257 g/mol. The molecule has 1 aromatic rings. The SMILES string of the molecule is C[C@@H](CNC(=O)OC(C)(C)C)c1ccc(B(O)O)cc1. The Hall–Kier alpha value is -1.53.